The number of allylic oxidation sites excluding steroid dienone is 2. The summed E-state index contributed by atoms with van der Waals surface area (Å²) in [5.41, 5.74) is 1.19. The summed E-state index contributed by atoms with van der Waals surface area (Å²) in [5, 5.41) is 3.05. The van der Waals surface area contributed by atoms with Crippen molar-refractivity contribution in [1.29, 1.82) is 0 Å². The highest BCUT2D eigenvalue weighted by atomic mass is 35.5. The second-order valence-corrected chi connectivity index (χ2v) is 7.18. The van der Waals surface area contributed by atoms with Crippen molar-refractivity contribution in [3.63, 3.8) is 0 Å². The molecule has 0 aromatic heterocycles. The maximum Gasteiger partial charge on any atom is 0.225 e. The first kappa shape index (κ1) is 15.2. The molecule has 1 amide bonds. The predicted molar refractivity (Wildman–Crippen MR) is 82.0 cm³/mol. The molecule has 116 valence electrons. The zero-order valence-corrected chi connectivity index (χ0v) is 13.3. The highest BCUT2D eigenvalue weighted by Crippen LogP contribution is 2.45. The van der Waals surface area contributed by atoms with Gasteiger partial charge in [-0.3, -0.25) is 9.59 Å². The van der Waals surface area contributed by atoms with Crippen molar-refractivity contribution in [1.82, 2.24) is 5.32 Å². The number of carbonyl (C=O) groups is 2. The van der Waals surface area contributed by atoms with Crippen molar-refractivity contribution in [2.45, 2.75) is 39.0 Å². The average molecular weight is 322 g/mol. The summed E-state index contributed by atoms with van der Waals surface area (Å²) in [5.74, 6) is -1.30. The van der Waals surface area contributed by atoms with Crippen LogP contribution < -0.4 is 5.32 Å². The van der Waals surface area contributed by atoms with Crippen molar-refractivity contribution in [3.05, 3.63) is 45.9 Å². The molecule has 1 aliphatic heterocycles. The fraction of sp³-hybridized carbons (Fsp3) is 0.412. The highest BCUT2D eigenvalue weighted by Gasteiger charge is 2.41. The Balaban J connectivity index is 2.16. The van der Waals surface area contributed by atoms with Crippen LogP contribution in [0.25, 0.3) is 0 Å². The number of hydrogen-bond acceptors (Lipinski definition) is 2. The van der Waals surface area contributed by atoms with Gasteiger partial charge in [-0.2, -0.15) is 0 Å². The molecule has 2 aliphatic rings. The number of Topliss-reactive ketones (excluding diaryl/α,β-unsaturated/α-hetero) is 1. The topological polar surface area (TPSA) is 46.2 Å². The molecule has 1 N–H and O–H groups in total. The fourth-order valence-electron chi connectivity index (χ4n) is 3.45. The van der Waals surface area contributed by atoms with Gasteiger partial charge >= 0.3 is 0 Å². The zero-order chi connectivity index (χ0) is 16.1. The summed E-state index contributed by atoms with van der Waals surface area (Å²) in [6, 6.07) is 4.42. The Kier molecular flexibility index (Phi) is 3.60. The number of rotatable bonds is 1. The fourth-order valence-corrected chi connectivity index (χ4v) is 3.74. The molecule has 0 bridgehead atoms. The van der Waals surface area contributed by atoms with Crippen molar-refractivity contribution < 1.29 is 14.0 Å². The molecule has 22 heavy (non-hydrogen) atoms. The van der Waals surface area contributed by atoms with Crippen LogP contribution in [0.1, 0.15) is 44.6 Å². The quantitative estimate of drug-likeness (QED) is 0.856. The highest BCUT2D eigenvalue weighted by molar-refractivity contribution is 6.31. The first-order valence-corrected chi connectivity index (χ1v) is 7.66. The monoisotopic (exact) mass is 321 g/mol. The number of nitrogens with one attached hydrogen (secondary N) is 1. The van der Waals surface area contributed by atoms with Crippen LogP contribution in [0.3, 0.4) is 0 Å². The SMILES string of the molecule is CC1(C)CC(=O)C2=C(C1)NC(=O)C[C@@H]2c1c(F)cccc1Cl. The van der Waals surface area contributed by atoms with Crippen molar-refractivity contribution in [3.8, 4) is 0 Å². The van der Waals surface area contributed by atoms with E-state index in [1.165, 1.54) is 12.1 Å². The first-order valence-electron chi connectivity index (χ1n) is 7.28. The van der Waals surface area contributed by atoms with Crippen LogP contribution in [0.2, 0.25) is 5.02 Å². The van der Waals surface area contributed by atoms with E-state index in [1.807, 2.05) is 13.8 Å². The lowest BCUT2D eigenvalue weighted by atomic mass is 9.70. The van der Waals surface area contributed by atoms with E-state index in [9.17, 15) is 14.0 Å². The van der Waals surface area contributed by atoms with Crippen molar-refractivity contribution in [2.75, 3.05) is 0 Å². The summed E-state index contributed by atoms with van der Waals surface area (Å²) in [7, 11) is 0. The van der Waals surface area contributed by atoms with E-state index in [-0.39, 0.29) is 34.1 Å². The number of carbonyl (C=O) groups excluding carboxylic acids is 2. The van der Waals surface area contributed by atoms with E-state index in [2.05, 4.69) is 5.32 Å². The lowest BCUT2D eigenvalue weighted by Gasteiger charge is -2.38. The summed E-state index contributed by atoms with van der Waals surface area (Å²) in [6.45, 7) is 3.97. The van der Waals surface area contributed by atoms with Gasteiger partial charge in [-0.15, -0.1) is 0 Å². The normalized spacial score (nSPS) is 24.1. The largest absolute Gasteiger partial charge is 0.329 e. The first-order chi connectivity index (χ1) is 10.3. The van der Waals surface area contributed by atoms with Gasteiger partial charge < -0.3 is 5.32 Å². The smallest absolute Gasteiger partial charge is 0.225 e. The van der Waals surface area contributed by atoms with Crippen molar-refractivity contribution in [2.24, 2.45) is 5.41 Å². The van der Waals surface area contributed by atoms with E-state index in [1.54, 1.807) is 6.07 Å². The summed E-state index contributed by atoms with van der Waals surface area (Å²) in [4.78, 5) is 24.6. The molecular formula is C17H17ClFNO2. The van der Waals surface area contributed by atoms with Crippen LogP contribution in [0, 0.1) is 11.2 Å². The molecule has 5 heteroatoms. The van der Waals surface area contributed by atoms with Crippen LogP contribution in [-0.2, 0) is 9.59 Å². The number of amides is 1. The molecule has 0 radical (unpaired) electrons. The minimum Gasteiger partial charge on any atom is -0.329 e. The number of hydrogen-bond donors (Lipinski definition) is 1. The second kappa shape index (κ2) is 5.20. The van der Waals surface area contributed by atoms with Gasteiger partial charge in [-0.1, -0.05) is 31.5 Å². The van der Waals surface area contributed by atoms with E-state index < -0.39 is 11.7 Å². The van der Waals surface area contributed by atoms with Gasteiger partial charge in [0, 0.05) is 40.6 Å². The number of benzene rings is 1. The molecule has 1 heterocycles. The van der Waals surface area contributed by atoms with Crippen LogP contribution in [0.4, 0.5) is 4.39 Å². The maximum absolute atomic E-state index is 14.2. The Morgan fingerprint density at radius 2 is 2.00 bits per heavy atom. The van der Waals surface area contributed by atoms with Gasteiger partial charge in [0.1, 0.15) is 5.82 Å². The third-order valence-electron chi connectivity index (χ3n) is 4.30. The Labute approximate surface area is 133 Å². The van der Waals surface area contributed by atoms with Crippen molar-refractivity contribution >= 4 is 23.3 Å². The van der Waals surface area contributed by atoms with Gasteiger partial charge in [-0.05, 0) is 24.0 Å². The molecule has 0 unspecified atom stereocenters. The predicted octanol–water partition coefficient (Wildman–Crippen LogP) is 3.73. The molecule has 1 aliphatic carbocycles. The summed E-state index contributed by atoms with van der Waals surface area (Å²) in [6.07, 6.45) is 1.04. The molecule has 1 aromatic carbocycles. The van der Waals surface area contributed by atoms with E-state index in [0.29, 0.717) is 24.1 Å². The Bertz CT molecular complexity index is 688. The number of ketones is 1. The van der Waals surface area contributed by atoms with Gasteiger partial charge in [0.25, 0.3) is 0 Å². The Hall–Kier alpha value is -1.68. The molecule has 0 saturated carbocycles. The van der Waals surface area contributed by atoms with Crippen LogP contribution in [0.15, 0.2) is 29.5 Å². The van der Waals surface area contributed by atoms with E-state index in [0.717, 1.165) is 0 Å². The van der Waals surface area contributed by atoms with Crippen LogP contribution >= 0.6 is 11.6 Å². The molecule has 0 spiro atoms. The molecule has 1 aromatic rings. The minimum atomic E-state index is -0.596. The maximum atomic E-state index is 14.2. The third-order valence-corrected chi connectivity index (χ3v) is 4.63. The second-order valence-electron chi connectivity index (χ2n) is 6.77. The summed E-state index contributed by atoms with van der Waals surface area (Å²) < 4.78 is 14.2. The molecule has 0 fully saturated rings. The van der Waals surface area contributed by atoms with E-state index in [4.69, 9.17) is 11.6 Å². The third kappa shape index (κ3) is 2.56. The standard InChI is InChI=1S/C17H17ClFNO2/c1-17(2)7-12-16(13(21)8-17)9(6-14(22)20-12)15-10(18)4-3-5-11(15)19/h3-5,9H,6-8H2,1-2H3,(H,20,22)/t9-/m1/s1. The lowest BCUT2D eigenvalue weighted by Crippen LogP contribution is -2.40. The molecule has 1 atom stereocenters. The summed E-state index contributed by atoms with van der Waals surface area (Å²) >= 11 is 6.14. The van der Waals surface area contributed by atoms with Crippen LogP contribution in [0.5, 0.6) is 0 Å². The van der Waals surface area contributed by atoms with Gasteiger partial charge in [0.2, 0.25) is 5.91 Å². The molecule has 3 nitrogen and oxygen atoms in total. The molecule has 3 rings (SSSR count). The lowest BCUT2D eigenvalue weighted by molar-refractivity contribution is -0.122. The minimum absolute atomic E-state index is 0.0319. The van der Waals surface area contributed by atoms with Crippen LogP contribution in [-0.4, -0.2) is 11.7 Å². The average Bonchev–Trinajstić information content (AvgIpc) is 2.35. The zero-order valence-electron chi connectivity index (χ0n) is 12.5. The molecular weight excluding hydrogens is 305 g/mol. The van der Waals surface area contributed by atoms with E-state index >= 15 is 0 Å². The van der Waals surface area contributed by atoms with Gasteiger partial charge in [0.15, 0.2) is 5.78 Å². The van der Waals surface area contributed by atoms with Gasteiger partial charge in [-0.25, -0.2) is 4.39 Å². The Morgan fingerprint density at radius 3 is 2.68 bits per heavy atom. The molecule has 0 saturated heterocycles. The Morgan fingerprint density at radius 1 is 1.27 bits per heavy atom. The number of halogens is 2. The van der Waals surface area contributed by atoms with Gasteiger partial charge in [0.05, 0.1) is 0 Å².